The fraction of sp³-hybridized carbons (Fsp3) is 0.556. The lowest BCUT2D eigenvalue weighted by molar-refractivity contribution is 0.315. The minimum absolute atomic E-state index is 0.698. The molecule has 1 aliphatic carbocycles. The Bertz CT molecular complexity index is 599. The summed E-state index contributed by atoms with van der Waals surface area (Å²) in [6, 6.07) is 6.93. The van der Waals surface area contributed by atoms with Crippen molar-refractivity contribution in [1.29, 1.82) is 0 Å². The van der Waals surface area contributed by atoms with Gasteiger partial charge in [-0.1, -0.05) is 32.4 Å². The summed E-state index contributed by atoms with van der Waals surface area (Å²) < 4.78 is 12.0. The van der Waals surface area contributed by atoms with Crippen LogP contribution in [0.2, 0.25) is 0 Å². The zero-order valence-corrected chi connectivity index (χ0v) is 13.1. The molecule has 3 nitrogen and oxygen atoms in total. The molecule has 1 heterocycles. The molecular formula is C18H25NO2. The standard InChI is InChI=1S/C18H25NO2/c1-3-6-14-15-7-5-8-16(20-11-4-2)18(15)21-17(14)12-19-13-9-10-13/h5,7-8,13,19H,3-4,6,9-12H2,1-2H3. The van der Waals surface area contributed by atoms with E-state index < -0.39 is 0 Å². The Morgan fingerprint density at radius 3 is 2.81 bits per heavy atom. The van der Waals surface area contributed by atoms with Crippen molar-refractivity contribution in [2.24, 2.45) is 0 Å². The molecule has 1 aromatic heterocycles. The zero-order valence-electron chi connectivity index (χ0n) is 13.1. The van der Waals surface area contributed by atoms with E-state index in [4.69, 9.17) is 9.15 Å². The molecule has 0 unspecified atom stereocenters. The number of hydrogen-bond donors (Lipinski definition) is 1. The number of para-hydroxylation sites is 1. The van der Waals surface area contributed by atoms with Crippen molar-refractivity contribution in [2.45, 2.75) is 58.5 Å². The van der Waals surface area contributed by atoms with Crippen molar-refractivity contribution >= 4 is 11.0 Å². The summed E-state index contributed by atoms with van der Waals surface area (Å²) in [5, 5.41) is 4.78. The van der Waals surface area contributed by atoms with Crippen molar-refractivity contribution in [3.8, 4) is 5.75 Å². The van der Waals surface area contributed by atoms with E-state index in [0.29, 0.717) is 6.04 Å². The minimum atomic E-state index is 0.698. The molecule has 0 aliphatic heterocycles. The first kappa shape index (κ1) is 14.5. The Morgan fingerprint density at radius 2 is 2.10 bits per heavy atom. The van der Waals surface area contributed by atoms with Crippen LogP contribution in [0.25, 0.3) is 11.0 Å². The normalized spacial score (nSPS) is 14.8. The summed E-state index contributed by atoms with van der Waals surface area (Å²) in [5.74, 6) is 1.97. The second-order valence-electron chi connectivity index (χ2n) is 5.89. The topological polar surface area (TPSA) is 34.4 Å². The predicted molar refractivity (Wildman–Crippen MR) is 85.9 cm³/mol. The lowest BCUT2D eigenvalue weighted by Crippen LogP contribution is -2.15. The molecule has 1 aliphatic rings. The van der Waals surface area contributed by atoms with E-state index in [1.807, 2.05) is 6.07 Å². The van der Waals surface area contributed by atoms with Gasteiger partial charge in [0.15, 0.2) is 11.3 Å². The van der Waals surface area contributed by atoms with Crippen molar-refractivity contribution in [3.05, 3.63) is 29.5 Å². The van der Waals surface area contributed by atoms with Gasteiger partial charge in [-0.3, -0.25) is 0 Å². The number of fused-ring (bicyclic) bond motifs is 1. The highest BCUT2D eigenvalue weighted by Gasteiger charge is 2.22. The minimum Gasteiger partial charge on any atom is -0.490 e. The van der Waals surface area contributed by atoms with E-state index in [0.717, 1.165) is 49.5 Å². The van der Waals surface area contributed by atoms with Crippen LogP contribution in [0.1, 0.15) is 50.9 Å². The average Bonchev–Trinajstić information content (AvgIpc) is 3.26. The molecule has 114 valence electrons. The first-order valence-electron chi connectivity index (χ1n) is 8.23. The van der Waals surface area contributed by atoms with Crippen LogP contribution in [0.15, 0.2) is 22.6 Å². The summed E-state index contributed by atoms with van der Waals surface area (Å²) in [6.07, 6.45) is 5.80. The van der Waals surface area contributed by atoms with Gasteiger partial charge in [0.1, 0.15) is 5.76 Å². The Labute approximate surface area is 126 Å². The molecule has 0 spiro atoms. The molecule has 0 saturated heterocycles. The number of rotatable bonds is 8. The molecule has 0 atom stereocenters. The largest absolute Gasteiger partial charge is 0.490 e. The Balaban J connectivity index is 1.93. The van der Waals surface area contributed by atoms with Gasteiger partial charge in [0, 0.05) is 17.0 Å². The molecular weight excluding hydrogens is 262 g/mol. The third-order valence-electron chi connectivity index (χ3n) is 3.96. The van der Waals surface area contributed by atoms with E-state index in [1.165, 1.54) is 23.8 Å². The van der Waals surface area contributed by atoms with E-state index in [-0.39, 0.29) is 0 Å². The second-order valence-corrected chi connectivity index (χ2v) is 5.89. The SMILES string of the molecule is CCCOc1cccc2c(CCC)c(CNC3CC3)oc12. The molecule has 1 saturated carbocycles. The van der Waals surface area contributed by atoms with Crippen molar-refractivity contribution in [3.63, 3.8) is 0 Å². The number of nitrogens with one attached hydrogen (secondary N) is 1. The van der Waals surface area contributed by atoms with Crippen molar-refractivity contribution in [1.82, 2.24) is 5.32 Å². The fourth-order valence-corrected chi connectivity index (χ4v) is 2.71. The lowest BCUT2D eigenvalue weighted by atomic mass is 10.1. The number of benzene rings is 1. The van der Waals surface area contributed by atoms with Crippen LogP contribution in [0.5, 0.6) is 5.75 Å². The summed E-state index contributed by atoms with van der Waals surface area (Å²) in [6.45, 7) is 5.91. The molecule has 0 bridgehead atoms. The number of hydrogen-bond acceptors (Lipinski definition) is 3. The van der Waals surface area contributed by atoms with Crippen LogP contribution in [-0.4, -0.2) is 12.6 Å². The van der Waals surface area contributed by atoms with Gasteiger partial charge in [0.05, 0.1) is 13.2 Å². The van der Waals surface area contributed by atoms with Gasteiger partial charge in [-0.15, -0.1) is 0 Å². The summed E-state index contributed by atoms with van der Waals surface area (Å²) in [5.41, 5.74) is 2.27. The van der Waals surface area contributed by atoms with Gasteiger partial charge in [0.25, 0.3) is 0 Å². The third-order valence-corrected chi connectivity index (χ3v) is 3.96. The number of aryl methyl sites for hydroxylation is 1. The second kappa shape index (κ2) is 6.52. The zero-order chi connectivity index (χ0) is 14.7. The van der Waals surface area contributed by atoms with Gasteiger partial charge in [-0.25, -0.2) is 0 Å². The van der Waals surface area contributed by atoms with Crippen molar-refractivity contribution < 1.29 is 9.15 Å². The number of ether oxygens (including phenoxy) is 1. The van der Waals surface area contributed by atoms with E-state index >= 15 is 0 Å². The molecule has 3 rings (SSSR count). The van der Waals surface area contributed by atoms with E-state index in [9.17, 15) is 0 Å². The van der Waals surface area contributed by atoms with Crippen LogP contribution in [0.3, 0.4) is 0 Å². The third kappa shape index (κ3) is 3.24. The Morgan fingerprint density at radius 1 is 1.24 bits per heavy atom. The maximum absolute atomic E-state index is 6.17. The fourth-order valence-electron chi connectivity index (χ4n) is 2.71. The maximum Gasteiger partial charge on any atom is 0.176 e. The molecule has 1 N–H and O–H groups in total. The van der Waals surface area contributed by atoms with Gasteiger partial charge in [-0.05, 0) is 31.7 Å². The average molecular weight is 287 g/mol. The Kier molecular flexibility index (Phi) is 4.49. The first-order valence-corrected chi connectivity index (χ1v) is 8.23. The monoisotopic (exact) mass is 287 g/mol. The molecule has 1 fully saturated rings. The highest BCUT2D eigenvalue weighted by atomic mass is 16.5. The van der Waals surface area contributed by atoms with Gasteiger partial charge in [-0.2, -0.15) is 0 Å². The molecule has 0 radical (unpaired) electrons. The molecule has 2 aromatic rings. The first-order chi connectivity index (χ1) is 10.3. The van der Waals surface area contributed by atoms with E-state index in [1.54, 1.807) is 0 Å². The maximum atomic E-state index is 6.17. The van der Waals surface area contributed by atoms with Crippen LogP contribution < -0.4 is 10.1 Å². The Hall–Kier alpha value is -1.48. The summed E-state index contributed by atoms with van der Waals surface area (Å²) in [7, 11) is 0. The van der Waals surface area contributed by atoms with E-state index in [2.05, 4.69) is 31.3 Å². The smallest absolute Gasteiger partial charge is 0.176 e. The van der Waals surface area contributed by atoms with Gasteiger partial charge >= 0.3 is 0 Å². The van der Waals surface area contributed by atoms with Crippen LogP contribution >= 0.6 is 0 Å². The van der Waals surface area contributed by atoms with Crippen LogP contribution in [0, 0.1) is 0 Å². The number of furan rings is 1. The quantitative estimate of drug-likeness (QED) is 0.780. The van der Waals surface area contributed by atoms with Crippen LogP contribution in [0.4, 0.5) is 0 Å². The lowest BCUT2D eigenvalue weighted by Gasteiger charge is -2.04. The van der Waals surface area contributed by atoms with Gasteiger partial charge < -0.3 is 14.5 Å². The van der Waals surface area contributed by atoms with Crippen molar-refractivity contribution in [2.75, 3.05) is 6.61 Å². The summed E-state index contributed by atoms with van der Waals surface area (Å²) >= 11 is 0. The summed E-state index contributed by atoms with van der Waals surface area (Å²) in [4.78, 5) is 0. The predicted octanol–water partition coefficient (Wildman–Crippen LogP) is 4.43. The highest BCUT2D eigenvalue weighted by Crippen LogP contribution is 2.34. The molecule has 0 amide bonds. The molecule has 1 aromatic carbocycles. The molecule has 3 heteroatoms. The van der Waals surface area contributed by atoms with Gasteiger partial charge in [0.2, 0.25) is 0 Å². The van der Waals surface area contributed by atoms with Crippen LogP contribution in [-0.2, 0) is 13.0 Å². The molecule has 21 heavy (non-hydrogen) atoms. The highest BCUT2D eigenvalue weighted by molar-refractivity contribution is 5.87.